The molecule has 4 unspecified atom stereocenters. The first-order valence-corrected chi connectivity index (χ1v) is 17.2. The Kier molecular flexibility index (Phi) is 20.5. The minimum Gasteiger partial charge on any atom is -0.543 e. The van der Waals surface area contributed by atoms with Crippen molar-refractivity contribution in [1.29, 1.82) is 0 Å². The quantitative estimate of drug-likeness (QED) is 0.0459. The number of carbonyl (C=O) groups is 6. The van der Waals surface area contributed by atoms with Gasteiger partial charge in [-0.25, -0.2) is 0 Å². The highest BCUT2D eigenvalue weighted by Gasteiger charge is 2.47. The fourth-order valence-electron chi connectivity index (χ4n) is 6.28. The third-order valence-electron chi connectivity index (χ3n) is 8.79. The Hall–Kier alpha value is -3.20. The van der Waals surface area contributed by atoms with Crippen molar-refractivity contribution < 1.29 is 57.1 Å². The molecule has 2 N–H and O–H groups in total. The molecule has 0 heterocycles. The molecule has 0 saturated carbocycles. The zero-order chi connectivity index (χ0) is 38.8. The standard InChI is InChI=1S/C35H61BN2O12/c1-12-14-16-48-29(42)33(5,6)23-35(8,31(44)49-17-15-13-2)19-25(27(40)50-36)21-38-37-20-24(26(39)45-9)18-34(7,30(43)47-11)22-32(3,4)28(41)46-10/h24-25,37-38H,12-23H2,1-11H3. The number of nitrogens with one attached hydrogen (secondary N) is 2. The lowest BCUT2D eigenvalue weighted by atomic mass is 9.69. The lowest BCUT2D eigenvalue weighted by Gasteiger charge is -2.36. The lowest BCUT2D eigenvalue weighted by molar-refractivity contribution is -0.165. The topological polar surface area (TPSA) is 182 Å². The summed E-state index contributed by atoms with van der Waals surface area (Å²) in [6.07, 6.45) is 2.85. The number of hydrazine groups is 1. The van der Waals surface area contributed by atoms with Crippen LogP contribution in [-0.2, 0) is 57.1 Å². The Labute approximate surface area is 299 Å². The van der Waals surface area contributed by atoms with Crippen LogP contribution in [0, 0.1) is 33.5 Å². The van der Waals surface area contributed by atoms with Crippen molar-refractivity contribution in [2.75, 3.05) is 47.6 Å². The average Bonchev–Trinajstić information content (AvgIpc) is 3.06. The van der Waals surface area contributed by atoms with Crippen LogP contribution < -0.4 is 10.9 Å². The lowest BCUT2D eigenvalue weighted by Crippen LogP contribution is -2.47. The number of hydrogen-bond donors (Lipinski definition) is 2. The van der Waals surface area contributed by atoms with Gasteiger partial charge in [0.2, 0.25) is 0 Å². The van der Waals surface area contributed by atoms with E-state index in [1.807, 2.05) is 13.8 Å². The molecule has 15 heteroatoms. The van der Waals surface area contributed by atoms with Crippen LogP contribution in [0.5, 0.6) is 0 Å². The van der Waals surface area contributed by atoms with Crippen LogP contribution in [0.25, 0.3) is 0 Å². The molecular formula is C35H61BN2O12. The molecule has 0 aliphatic carbocycles. The van der Waals surface area contributed by atoms with Crippen LogP contribution in [0.15, 0.2) is 0 Å². The van der Waals surface area contributed by atoms with E-state index in [2.05, 4.69) is 15.5 Å². The van der Waals surface area contributed by atoms with Gasteiger partial charge >= 0.3 is 37.9 Å². The molecule has 0 aromatic rings. The van der Waals surface area contributed by atoms with Gasteiger partial charge in [0, 0.05) is 13.1 Å². The Bertz CT molecular complexity index is 1130. The third kappa shape index (κ3) is 15.0. The van der Waals surface area contributed by atoms with Crippen molar-refractivity contribution in [3.05, 3.63) is 0 Å². The summed E-state index contributed by atoms with van der Waals surface area (Å²) in [5.41, 5.74) is 1.01. The number of unbranched alkanes of at least 4 members (excludes halogenated alkanes) is 2. The van der Waals surface area contributed by atoms with E-state index in [1.165, 1.54) is 21.3 Å². The van der Waals surface area contributed by atoms with Crippen molar-refractivity contribution in [2.45, 2.75) is 107 Å². The first-order chi connectivity index (χ1) is 23.2. The summed E-state index contributed by atoms with van der Waals surface area (Å²) in [6, 6.07) is 0. The maximum atomic E-state index is 13.5. The highest BCUT2D eigenvalue weighted by atomic mass is 16.5. The molecule has 0 spiro atoms. The van der Waals surface area contributed by atoms with Crippen LogP contribution in [-0.4, -0.2) is 91.5 Å². The van der Waals surface area contributed by atoms with E-state index in [0.29, 0.717) is 12.8 Å². The van der Waals surface area contributed by atoms with Crippen LogP contribution >= 0.6 is 0 Å². The van der Waals surface area contributed by atoms with Crippen molar-refractivity contribution in [3.8, 4) is 0 Å². The van der Waals surface area contributed by atoms with Gasteiger partial charge in [-0.15, -0.1) is 0 Å². The van der Waals surface area contributed by atoms with Gasteiger partial charge in [0.05, 0.1) is 68.0 Å². The van der Waals surface area contributed by atoms with E-state index in [0.717, 1.165) is 12.8 Å². The Morgan fingerprint density at radius 3 is 1.38 bits per heavy atom. The molecule has 0 amide bonds. The highest BCUT2D eigenvalue weighted by Crippen LogP contribution is 2.42. The van der Waals surface area contributed by atoms with Gasteiger partial charge in [0.15, 0.2) is 0 Å². The summed E-state index contributed by atoms with van der Waals surface area (Å²) in [5, 5.41) is 0. The monoisotopic (exact) mass is 712 g/mol. The normalized spacial score (nSPS) is 15.3. The summed E-state index contributed by atoms with van der Waals surface area (Å²) in [4.78, 5) is 77.8. The van der Waals surface area contributed by atoms with E-state index in [1.54, 1.807) is 41.5 Å². The zero-order valence-corrected chi connectivity index (χ0v) is 32.1. The molecule has 0 aliphatic rings. The van der Waals surface area contributed by atoms with E-state index < -0.39 is 69.3 Å². The third-order valence-corrected chi connectivity index (χ3v) is 8.79. The van der Waals surface area contributed by atoms with Gasteiger partial charge in [-0.3, -0.25) is 39.6 Å². The van der Waals surface area contributed by atoms with Gasteiger partial charge < -0.3 is 28.3 Å². The molecule has 286 valence electrons. The second kappa shape index (κ2) is 21.9. The summed E-state index contributed by atoms with van der Waals surface area (Å²) in [7, 11) is 8.97. The molecule has 4 atom stereocenters. The van der Waals surface area contributed by atoms with Crippen LogP contribution in [0.1, 0.15) is 107 Å². The predicted octanol–water partition coefficient (Wildman–Crippen LogP) is 3.77. The van der Waals surface area contributed by atoms with E-state index in [9.17, 15) is 28.8 Å². The minimum atomic E-state index is -1.33. The van der Waals surface area contributed by atoms with Crippen LogP contribution in [0.2, 0.25) is 0 Å². The van der Waals surface area contributed by atoms with E-state index in [4.69, 9.17) is 31.7 Å². The number of ether oxygens (including phenoxy) is 5. The average molecular weight is 713 g/mol. The van der Waals surface area contributed by atoms with Crippen molar-refractivity contribution in [2.24, 2.45) is 33.5 Å². The summed E-state index contributed by atoms with van der Waals surface area (Å²) < 4.78 is 30.6. The number of methoxy groups -OCH3 is 3. The number of esters is 5. The molecule has 0 aromatic carbocycles. The molecule has 0 bridgehead atoms. The first kappa shape index (κ1) is 46.8. The molecule has 14 nitrogen and oxygen atoms in total. The van der Waals surface area contributed by atoms with Crippen LogP contribution in [0.4, 0.5) is 0 Å². The maximum absolute atomic E-state index is 13.5. The predicted molar refractivity (Wildman–Crippen MR) is 185 cm³/mol. The molecule has 2 radical (unpaired) electrons. The SMILES string of the molecule is [B]OC(=O)C(CNNCC(CC(C)(CC(C)(C)C(=O)OC)C(=O)OC)C(=O)OC)CC(C)(CC(C)(C)C(=O)OCCCC)C(=O)OCCCC. The van der Waals surface area contributed by atoms with Crippen molar-refractivity contribution in [1.82, 2.24) is 10.9 Å². The molecular weight excluding hydrogens is 651 g/mol. The van der Waals surface area contributed by atoms with E-state index >= 15 is 0 Å². The Morgan fingerprint density at radius 1 is 0.580 bits per heavy atom. The molecule has 0 saturated heterocycles. The zero-order valence-electron chi connectivity index (χ0n) is 32.1. The Morgan fingerprint density at radius 2 is 0.980 bits per heavy atom. The van der Waals surface area contributed by atoms with Crippen molar-refractivity contribution in [3.63, 3.8) is 0 Å². The summed E-state index contributed by atoms with van der Waals surface area (Å²) in [5.74, 6) is -5.54. The maximum Gasteiger partial charge on any atom is 0.378 e. The fraction of sp³-hybridized carbons (Fsp3) is 0.829. The number of rotatable bonds is 25. The first-order valence-electron chi connectivity index (χ1n) is 17.2. The van der Waals surface area contributed by atoms with E-state index in [-0.39, 0.29) is 52.0 Å². The molecule has 0 aliphatic heterocycles. The molecule has 0 aromatic heterocycles. The summed E-state index contributed by atoms with van der Waals surface area (Å²) >= 11 is 0. The largest absolute Gasteiger partial charge is 0.543 e. The minimum absolute atomic E-state index is 0.0101. The smallest absolute Gasteiger partial charge is 0.378 e. The molecule has 50 heavy (non-hydrogen) atoms. The van der Waals surface area contributed by atoms with Gasteiger partial charge in [-0.05, 0) is 80.1 Å². The van der Waals surface area contributed by atoms with Gasteiger partial charge in [0.25, 0.3) is 5.97 Å². The second-order valence-corrected chi connectivity index (χ2v) is 14.7. The van der Waals surface area contributed by atoms with Gasteiger partial charge in [-0.2, -0.15) is 0 Å². The van der Waals surface area contributed by atoms with Gasteiger partial charge in [0.1, 0.15) is 0 Å². The Balaban J connectivity index is 6.12. The molecule has 0 fully saturated rings. The fourth-order valence-corrected chi connectivity index (χ4v) is 6.28. The van der Waals surface area contributed by atoms with Crippen molar-refractivity contribution >= 4 is 43.9 Å². The number of hydrogen-bond acceptors (Lipinski definition) is 14. The number of carbonyl (C=O) groups excluding carboxylic acids is 6. The highest BCUT2D eigenvalue weighted by molar-refractivity contribution is 6.05. The molecule has 0 rings (SSSR count). The van der Waals surface area contributed by atoms with Gasteiger partial charge in [-0.1, -0.05) is 26.7 Å². The van der Waals surface area contributed by atoms with Crippen LogP contribution in [0.3, 0.4) is 0 Å². The second-order valence-electron chi connectivity index (χ2n) is 14.7. The summed E-state index contributed by atoms with van der Waals surface area (Å²) in [6.45, 7) is 14.0.